The maximum Gasteiger partial charge on any atom is 0.255 e. The second kappa shape index (κ2) is 8.15. The fraction of sp³-hybridized carbons (Fsp3) is 0.100. The van der Waals surface area contributed by atoms with Gasteiger partial charge in [-0.2, -0.15) is 15.8 Å². The summed E-state index contributed by atoms with van der Waals surface area (Å²) in [6, 6.07) is 17.3. The Labute approximate surface area is 151 Å². The van der Waals surface area contributed by atoms with Crippen LogP contribution < -0.4 is 10.6 Å². The SMILES string of the molecule is Cc1cccc(C)c1NC(=O)c1cccc(NC(C#N)=C(C#N)C#N)c1. The number of aryl methyl sites for hydroxylation is 2. The van der Waals surface area contributed by atoms with E-state index < -0.39 is 0 Å². The zero-order valence-corrected chi connectivity index (χ0v) is 14.3. The molecule has 6 nitrogen and oxygen atoms in total. The van der Waals surface area contributed by atoms with Crippen molar-refractivity contribution in [3.8, 4) is 18.2 Å². The molecule has 0 aromatic heterocycles. The molecule has 2 N–H and O–H groups in total. The number of hydrogen-bond donors (Lipinski definition) is 2. The lowest BCUT2D eigenvalue weighted by Crippen LogP contribution is -2.14. The number of hydrogen-bond acceptors (Lipinski definition) is 5. The Bertz CT molecular complexity index is 979. The van der Waals surface area contributed by atoms with Gasteiger partial charge in [-0.15, -0.1) is 0 Å². The molecule has 2 rings (SSSR count). The van der Waals surface area contributed by atoms with E-state index in [2.05, 4.69) is 10.6 Å². The van der Waals surface area contributed by atoms with E-state index in [0.29, 0.717) is 11.3 Å². The van der Waals surface area contributed by atoms with E-state index in [1.54, 1.807) is 42.5 Å². The van der Waals surface area contributed by atoms with Crippen molar-refractivity contribution in [2.24, 2.45) is 0 Å². The van der Waals surface area contributed by atoms with Crippen molar-refractivity contribution in [1.82, 2.24) is 0 Å². The predicted octanol–water partition coefficient (Wildman–Crippen LogP) is 3.79. The van der Waals surface area contributed by atoms with Crippen LogP contribution in [0.2, 0.25) is 0 Å². The Kier molecular flexibility index (Phi) is 5.72. The van der Waals surface area contributed by atoms with E-state index in [1.807, 2.05) is 32.0 Å². The number of allylic oxidation sites excluding steroid dienone is 2. The van der Waals surface area contributed by atoms with Gasteiger partial charge in [0.2, 0.25) is 0 Å². The van der Waals surface area contributed by atoms with Crippen LogP contribution in [0.1, 0.15) is 21.5 Å². The molecular formula is C20H15N5O. The van der Waals surface area contributed by atoms with Gasteiger partial charge in [-0.3, -0.25) is 4.79 Å². The fourth-order valence-electron chi connectivity index (χ4n) is 2.36. The highest BCUT2D eigenvalue weighted by Gasteiger charge is 2.11. The Morgan fingerprint density at radius 2 is 1.50 bits per heavy atom. The number of nitriles is 3. The Morgan fingerprint density at radius 1 is 0.885 bits per heavy atom. The summed E-state index contributed by atoms with van der Waals surface area (Å²) in [4.78, 5) is 12.6. The number of carbonyl (C=O) groups excluding carboxylic acids is 1. The lowest BCUT2D eigenvalue weighted by molar-refractivity contribution is 0.102. The second-order valence-electron chi connectivity index (χ2n) is 5.51. The van der Waals surface area contributed by atoms with Crippen LogP contribution in [0.15, 0.2) is 53.7 Å². The molecule has 0 bridgehead atoms. The molecule has 126 valence electrons. The molecule has 0 aliphatic carbocycles. The van der Waals surface area contributed by atoms with Gasteiger partial charge in [0.15, 0.2) is 5.57 Å². The van der Waals surface area contributed by atoms with Gasteiger partial charge in [0.25, 0.3) is 5.91 Å². The molecule has 0 atom stereocenters. The van der Waals surface area contributed by atoms with E-state index in [0.717, 1.165) is 16.8 Å². The fourth-order valence-corrected chi connectivity index (χ4v) is 2.36. The molecule has 1 amide bonds. The van der Waals surface area contributed by atoms with Crippen molar-refractivity contribution in [3.05, 3.63) is 70.4 Å². The van der Waals surface area contributed by atoms with Gasteiger partial charge < -0.3 is 10.6 Å². The van der Waals surface area contributed by atoms with E-state index in [-0.39, 0.29) is 17.2 Å². The summed E-state index contributed by atoms with van der Waals surface area (Å²) in [5, 5.41) is 32.5. The van der Waals surface area contributed by atoms with Gasteiger partial charge in [0.05, 0.1) is 0 Å². The van der Waals surface area contributed by atoms with Gasteiger partial charge in [-0.05, 0) is 43.2 Å². The summed E-state index contributed by atoms with van der Waals surface area (Å²) in [6.07, 6.45) is 0. The largest absolute Gasteiger partial charge is 0.345 e. The number of nitrogens with one attached hydrogen (secondary N) is 2. The van der Waals surface area contributed by atoms with Crippen LogP contribution in [0.25, 0.3) is 0 Å². The third kappa shape index (κ3) is 4.06. The minimum atomic E-state index is -0.321. The number of rotatable bonds is 4. The standard InChI is InChI=1S/C20H15N5O/c1-13-5-3-6-14(2)19(13)25-20(26)15-7-4-8-17(9-15)24-18(12-23)16(10-21)11-22/h3-9,24H,1-2H3,(H,25,26). The van der Waals surface area contributed by atoms with Gasteiger partial charge in [0, 0.05) is 16.9 Å². The number of anilines is 2. The molecule has 0 aliphatic heterocycles. The van der Waals surface area contributed by atoms with Crippen LogP contribution in [0.4, 0.5) is 11.4 Å². The number of para-hydroxylation sites is 1. The van der Waals surface area contributed by atoms with Gasteiger partial charge >= 0.3 is 0 Å². The van der Waals surface area contributed by atoms with E-state index in [1.165, 1.54) is 0 Å². The molecular weight excluding hydrogens is 326 g/mol. The maximum absolute atomic E-state index is 12.6. The molecule has 0 spiro atoms. The highest BCUT2D eigenvalue weighted by molar-refractivity contribution is 6.05. The Morgan fingerprint density at radius 3 is 2.08 bits per heavy atom. The van der Waals surface area contributed by atoms with Crippen LogP contribution in [0.3, 0.4) is 0 Å². The summed E-state index contributed by atoms with van der Waals surface area (Å²) in [6.45, 7) is 3.83. The topological polar surface area (TPSA) is 112 Å². The molecule has 0 saturated heterocycles. The minimum Gasteiger partial charge on any atom is -0.345 e. The lowest BCUT2D eigenvalue weighted by Gasteiger charge is -2.12. The molecule has 0 unspecified atom stereocenters. The summed E-state index contributed by atoms with van der Waals surface area (Å²) >= 11 is 0. The highest BCUT2D eigenvalue weighted by Crippen LogP contribution is 2.21. The van der Waals surface area contributed by atoms with Crippen LogP contribution in [0.5, 0.6) is 0 Å². The smallest absolute Gasteiger partial charge is 0.255 e. The molecule has 26 heavy (non-hydrogen) atoms. The monoisotopic (exact) mass is 341 g/mol. The van der Waals surface area contributed by atoms with Crippen molar-refractivity contribution >= 4 is 17.3 Å². The zero-order valence-electron chi connectivity index (χ0n) is 14.3. The Balaban J connectivity index is 2.29. The first-order valence-corrected chi connectivity index (χ1v) is 7.69. The van der Waals surface area contributed by atoms with Gasteiger partial charge in [-0.1, -0.05) is 24.3 Å². The number of nitrogens with zero attached hydrogens (tertiary/aromatic N) is 3. The van der Waals surface area contributed by atoms with Gasteiger partial charge in [-0.25, -0.2) is 0 Å². The molecule has 6 heteroatoms. The van der Waals surface area contributed by atoms with Crippen LogP contribution in [-0.2, 0) is 0 Å². The quantitative estimate of drug-likeness (QED) is 0.821. The molecule has 0 fully saturated rings. The first-order chi connectivity index (χ1) is 12.5. The van der Waals surface area contributed by atoms with E-state index in [9.17, 15) is 4.79 Å². The predicted molar refractivity (Wildman–Crippen MR) is 97.8 cm³/mol. The molecule has 2 aromatic carbocycles. The number of amides is 1. The van der Waals surface area contributed by atoms with Crippen molar-refractivity contribution < 1.29 is 4.79 Å². The Hall–Kier alpha value is -4.08. The third-order valence-electron chi connectivity index (χ3n) is 3.70. The summed E-state index contributed by atoms with van der Waals surface area (Å²) < 4.78 is 0. The van der Waals surface area contributed by atoms with E-state index >= 15 is 0 Å². The highest BCUT2D eigenvalue weighted by atomic mass is 16.1. The average Bonchev–Trinajstić information content (AvgIpc) is 2.65. The van der Waals surface area contributed by atoms with Crippen molar-refractivity contribution in [2.75, 3.05) is 10.6 Å². The summed E-state index contributed by atoms with van der Waals surface area (Å²) in [7, 11) is 0. The maximum atomic E-state index is 12.6. The van der Waals surface area contributed by atoms with Crippen molar-refractivity contribution in [2.45, 2.75) is 13.8 Å². The average molecular weight is 341 g/mol. The first kappa shape index (κ1) is 18.3. The minimum absolute atomic E-state index is 0.165. The third-order valence-corrected chi connectivity index (χ3v) is 3.70. The summed E-state index contributed by atoms with van der Waals surface area (Å²) in [5.74, 6) is -0.297. The molecule has 2 aromatic rings. The zero-order chi connectivity index (χ0) is 19.1. The second-order valence-corrected chi connectivity index (χ2v) is 5.51. The van der Waals surface area contributed by atoms with Crippen LogP contribution in [0, 0.1) is 47.8 Å². The molecule has 0 radical (unpaired) electrons. The lowest BCUT2D eigenvalue weighted by atomic mass is 10.1. The van der Waals surface area contributed by atoms with Crippen LogP contribution in [-0.4, -0.2) is 5.91 Å². The normalized spacial score (nSPS) is 9.19. The first-order valence-electron chi connectivity index (χ1n) is 7.69. The molecule has 0 heterocycles. The van der Waals surface area contributed by atoms with Crippen molar-refractivity contribution in [1.29, 1.82) is 15.8 Å². The summed E-state index contributed by atoms with van der Waals surface area (Å²) in [5.41, 5.74) is 2.99. The van der Waals surface area contributed by atoms with Gasteiger partial charge in [0.1, 0.15) is 23.9 Å². The molecule has 0 saturated carbocycles. The number of carbonyl (C=O) groups is 1. The molecule has 0 aliphatic rings. The van der Waals surface area contributed by atoms with Crippen LogP contribution >= 0.6 is 0 Å². The van der Waals surface area contributed by atoms with E-state index in [4.69, 9.17) is 15.8 Å². The van der Waals surface area contributed by atoms with Crippen molar-refractivity contribution in [3.63, 3.8) is 0 Å². The number of benzene rings is 2.